The van der Waals surface area contributed by atoms with Crippen molar-refractivity contribution in [3.05, 3.63) is 57.3 Å². The Kier molecular flexibility index (Phi) is 3.59. The van der Waals surface area contributed by atoms with E-state index in [1.54, 1.807) is 6.07 Å². The fourth-order valence-corrected chi connectivity index (χ4v) is 2.65. The van der Waals surface area contributed by atoms with Crippen LogP contribution in [0.3, 0.4) is 0 Å². The van der Waals surface area contributed by atoms with Gasteiger partial charge in [0.25, 0.3) is 0 Å². The smallest absolute Gasteiger partial charge is 0.185 e. The topological polar surface area (TPSA) is 40.9 Å². The van der Waals surface area contributed by atoms with Crippen LogP contribution < -0.4 is 0 Å². The molecule has 0 saturated heterocycles. The molecule has 0 aliphatic carbocycles. The quantitative estimate of drug-likeness (QED) is 0.781. The highest BCUT2D eigenvalue weighted by molar-refractivity contribution is 7.10. The number of nitriles is 1. The molecule has 1 atom stereocenters. The molecule has 1 heterocycles. The second kappa shape index (κ2) is 5.16. The third-order valence-corrected chi connectivity index (χ3v) is 4.03. The molecule has 0 aliphatic rings. The summed E-state index contributed by atoms with van der Waals surface area (Å²) < 4.78 is 0. The summed E-state index contributed by atoms with van der Waals surface area (Å²) in [4.78, 5) is 13.2. The molecule has 2 aromatic rings. The van der Waals surface area contributed by atoms with Gasteiger partial charge in [0.2, 0.25) is 0 Å². The van der Waals surface area contributed by atoms with Gasteiger partial charge in [-0.1, -0.05) is 24.3 Å². The number of Topliss-reactive ketones (excluding diaryl/α,β-unsaturated/α-hetero) is 1. The van der Waals surface area contributed by atoms with Gasteiger partial charge in [0.1, 0.15) is 5.92 Å². The predicted molar refractivity (Wildman–Crippen MR) is 72.9 cm³/mol. The van der Waals surface area contributed by atoms with Crippen LogP contribution in [0.4, 0.5) is 0 Å². The summed E-state index contributed by atoms with van der Waals surface area (Å²) in [6.07, 6.45) is 0. The fourth-order valence-electron chi connectivity index (χ4n) is 1.88. The van der Waals surface area contributed by atoms with Crippen LogP contribution in [0, 0.1) is 25.2 Å². The van der Waals surface area contributed by atoms with Gasteiger partial charge in [-0.05, 0) is 36.4 Å². The van der Waals surface area contributed by atoms with Crippen molar-refractivity contribution in [1.82, 2.24) is 0 Å². The molecule has 0 aliphatic heterocycles. The van der Waals surface area contributed by atoms with Crippen molar-refractivity contribution >= 4 is 17.1 Å². The molecule has 18 heavy (non-hydrogen) atoms. The van der Waals surface area contributed by atoms with Gasteiger partial charge in [0.15, 0.2) is 5.78 Å². The Morgan fingerprint density at radius 1 is 1.28 bits per heavy atom. The Morgan fingerprint density at radius 2 is 2.06 bits per heavy atom. The highest BCUT2D eigenvalue weighted by atomic mass is 32.1. The molecule has 0 amide bonds. The summed E-state index contributed by atoms with van der Waals surface area (Å²) in [5.41, 5.74) is 2.68. The lowest BCUT2D eigenvalue weighted by Crippen LogP contribution is -2.12. The molecule has 0 radical (unpaired) electrons. The molecule has 0 spiro atoms. The Hall–Kier alpha value is -1.92. The van der Waals surface area contributed by atoms with Gasteiger partial charge < -0.3 is 0 Å². The average molecular weight is 255 g/mol. The minimum Gasteiger partial charge on any atom is -0.292 e. The van der Waals surface area contributed by atoms with Gasteiger partial charge in [-0.2, -0.15) is 5.26 Å². The first-order valence-corrected chi connectivity index (χ1v) is 6.56. The molecular formula is C15H13NOS. The van der Waals surface area contributed by atoms with Crippen LogP contribution >= 0.6 is 11.3 Å². The molecule has 0 saturated carbocycles. The molecule has 2 rings (SSSR count). The minimum atomic E-state index is -0.689. The van der Waals surface area contributed by atoms with Crippen LogP contribution in [0.2, 0.25) is 0 Å². The summed E-state index contributed by atoms with van der Waals surface area (Å²) in [6.45, 7) is 3.89. The van der Waals surface area contributed by atoms with E-state index in [2.05, 4.69) is 6.07 Å². The standard InChI is InChI=1S/C15H13NOS/c1-10-5-3-6-12(11(10)2)15(17)13(9-16)14-7-4-8-18-14/h3-8,13H,1-2H3. The van der Waals surface area contributed by atoms with E-state index < -0.39 is 5.92 Å². The Labute approximate surface area is 111 Å². The highest BCUT2D eigenvalue weighted by Gasteiger charge is 2.24. The van der Waals surface area contributed by atoms with Crippen molar-refractivity contribution in [2.45, 2.75) is 19.8 Å². The van der Waals surface area contributed by atoms with E-state index in [1.165, 1.54) is 11.3 Å². The molecule has 1 aromatic heterocycles. The monoisotopic (exact) mass is 255 g/mol. The van der Waals surface area contributed by atoms with Gasteiger partial charge in [-0.15, -0.1) is 11.3 Å². The van der Waals surface area contributed by atoms with Crippen molar-refractivity contribution in [3.63, 3.8) is 0 Å². The number of nitrogens with zero attached hydrogens (tertiary/aromatic N) is 1. The average Bonchev–Trinajstić information content (AvgIpc) is 2.87. The Bertz CT molecular complexity index is 608. The van der Waals surface area contributed by atoms with E-state index in [0.717, 1.165) is 16.0 Å². The van der Waals surface area contributed by atoms with Crippen molar-refractivity contribution in [2.75, 3.05) is 0 Å². The summed E-state index contributed by atoms with van der Waals surface area (Å²) in [5, 5.41) is 11.1. The third-order valence-electron chi connectivity index (χ3n) is 3.09. The first kappa shape index (κ1) is 12.5. The zero-order valence-corrected chi connectivity index (χ0v) is 11.1. The second-order valence-electron chi connectivity index (χ2n) is 4.19. The summed E-state index contributed by atoms with van der Waals surface area (Å²) in [7, 11) is 0. The maximum atomic E-state index is 12.4. The van der Waals surface area contributed by atoms with Gasteiger partial charge in [-0.3, -0.25) is 4.79 Å². The molecule has 0 bridgehead atoms. The summed E-state index contributed by atoms with van der Waals surface area (Å²) >= 11 is 1.45. The van der Waals surface area contributed by atoms with Crippen molar-refractivity contribution < 1.29 is 4.79 Å². The molecule has 1 aromatic carbocycles. The lowest BCUT2D eigenvalue weighted by molar-refractivity contribution is 0.0979. The third kappa shape index (κ3) is 2.20. The van der Waals surface area contributed by atoms with Crippen molar-refractivity contribution in [1.29, 1.82) is 5.26 Å². The largest absolute Gasteiger partial charge is 0.292 e. The van der Waals surface area contributed by atoms with E-state index in [4.69, 9.17) is 0 Å². The molecule has 2 nitrogen and oxygen atoms in total. The van der Waals surface area contributed by atoms with Gasteiger partial charge in [0.05, 0.1) is 6.07 Å². The number of aryl methyl sites for hydroxylation is 1. The SMILES string of the molecule is Cc1cccc(C(=O)C(C#N)c2cccs2)c1C. The Morgan fingerprint density at radius 3 is 2.67 bits per heavy atom. The van der Waals surface area contributed by atoms with E-state index in [0.29, 0.717) is 5.56 Å². The van der Waals surface area contributed by atoms with Gasteiger partial charge in [0, 0.05) is 10.4 Å². The summed E-state index contributed by atoms with van der Waals surface area (Å²) in [6, 6.07) is 11.4. The van der Waals surface area contributed by atoms with Crippen LogP contribution in [-0.2, 0) is 0 Å². The highest BCUT2D eigenvalue weighted by Crippen LogP contribution is 2.26. The van der Waals surface area contributed by atoms with E-state index in [-0.39, 0.29) is 5.78 Å². The molecule has 0 fully saturated rings. The van der Waals surface area contributed by atoms with E-state index in [1.807, 2.05) is 43.5 Å². The molecular weight excluding hydrogens is 242 g/mol. The number of thiophene rings is 1. The lowest BCUT2D eigenvalue weighted by Gasteiger charge is -2.10. The summed E-state index contributed by atoms with van der Waals surface area (Å²) in [5.74, 6) is -0.799. The lowest BCUT2D eigenvalue weighted by atomic mass is 9.92. The van der Waals surface area contributed by atoms with Crippen LogP contribution in [0.5, 0.6) is 0 Å². The van der Waals surface area contributed by atoms with Crippen LogP contribution in [0.25, 0.3) is 0 Å². The van der Waals surface area contributed by atoms with E-state index in [9.17, 15) is 10.1 Å². The number of carbonyl (C=O) groups is 1. The number of hydrogen-bond donors (Lipinski definition) is 0. The first-order valence-electron chi connectivity index (χ1n) is 5.68. The molecule has 90 valence electrons. The molecule has 3 heteroatoms. The van der Waals surface area contributed by atoms with Crippen molar-refractivity contribution in [2.24, 2.45) is 0 Å². The normalized spacial score (nSPS) is 11.8. The maximum Gasteiger partial charge on any atom is 0.185 e. The number of ketones is 1. The van der Waals surface area contributed by atoms with Crippen LogP contribution in [-0.4, -0.2) is 5.78 Å². The first-order chi connectivity index (χ1) is 8.65. The predicted octanol–water partition coefficient (Wildman–Crippen LogP) is 3.86. The van der Waals surface area contributed by atoms with Crippen LogP contribution in [0.1, 0.15) is 32.3 Å². The second-order valence-corrected chi connectivity index (χ2v) is 5.17. The van der Waals surface area contributed by atoms with Gasteiger partial charge >= 0.3 is 0 Å². The number of hydrogen-bond acceptors (Lipinski definition) is 3. The fraction of sp³-hybridized carbons (Fsp3) is 0.200. The maximum absolute atomic E-state index is 12.4. The zero-order valence-electron chi connectivity index (χ0n) is 10.3. The van der Waals surface area contributed by atoms with Crippen molar-refractivity contribution in [3.8, 4) is 6.07 Å². The zero-order chi connectivity index (χ0) is 13.1. The number of carbonyl (C=O) groups excluding carboxylic acids is 1. The minimum absolute atomic E-state index is 0.110. The number of rotatable bonds is 3. The van der Waals surface area contributed by atoms with Crippen LogP contribution in [0.15, 0.2) is 35.7 Å². The Balaban J connectivity index is 2.42. The van der Waals surface area contributed by atoms with Gasteiger partial charge in [-0.25, -0.2) is 0 Å². The molecule has 1 unspecified atom stereocenters. The molecule has 0 N–H and O–H groups in total. The van der Waals surface area contributed by atoms with E-state index >= 15 is 0 Å². The number of benzene rings is 1.